The maximum Gasteiger partial charge on any atom is 0.127 e. The summed E-state index contributed by atoms with van der Waals surface area (Å²) < 4.78 is 6.51. The number of hydrogen-bond acceptors (Lipinski definition) is 2. The highest BCUT2D eigenvalue weighted by atomic mass is 16.5. The van der Waals surface area contributed by atoms with E-state index in [1.165, 1.54) is 61.5 Å². The average molecular weight is 380 g/mol. The summed E-state index contributed by atoms with van der Waals surface area (Å²) in [5.41, 5.74) is 1.85. The van der Waals surface area contributed by atoms with E-state index in [2.05, 4.69) is 69.0 Å². The lowest BCUT2D eigenvalue weighted by atomic mass is 9.72. The van der Waals surface area contributed by atoms with Crippen molar-refractivity contribution >= 4 is 10.8 Å². The third-order valence-corrected chi connectivity index (χ3v) is 7.01. The van der Waals surface area contributed by atoms with Crippen molar-refractivity contribution in [2.75, 3.05) is 13.1 Å². The largest absolute Gasteiger partial charge is 0.490 e. The van der Waals surface area contributed by atoms with Crippen LogP contribution in [0.1, 0.15) is 65.4 Å². The third kappa shape index (κ3) is 4.54. The average Bonchev–Trinajstić information content (AvgIpc) is 3.06. The van der Waals surface area contributed by atoms with Crippen molar-refractivity contribution in [1.82, 2.24) is 4.90 Å². The third-order valence-electron chi connectivity index (χ3n) is 7.01. The Balaban J connectivity index is 1.43. The molecule has 1 heterocycles. The number of nitrogens with zero attached hydrogens (tertiary/aromatic N) is 1. The van der Waals surface area contributed by atoms with Gasteiger partial charge in [-0.25, -0.2) is 0 Å². The van der Waals surface area contributed by atoms with Gasteiger partial charge in [0.2, 0.25) is 0 Å². The van der Waals surface area contributed by atoms with Crippen LogP contribution in [-0.2, 0) is 6.54 Å². The molecule has 2 aromatic carbocycles. The van der Waals surface area contributed by atoms with Crippen molar-refractivity contribution < 1.29 is 4.74 Å². The van der Waals surface area contributed by atoms with Gasteiger partial charge in [0, 0.05) is 18.5 Å². The van der Waals surface area contributed by atoms with E-state index in [1.54, 1.807) is 0 Å². The van der Waals surface area contributed by atoms with E-state index in [9.17, 15) is 0 Å². The molecule has 1 saturated carbocycles. The molecule has 2 aliphatic rings. The first kappa shape index (κ1) is 19.8. The van der Waals surface area contributed by atoms with Crippen LogP contribution in [0.15, 0.2) is 36.4 Å². The molecular weight excluding hydrogens is 342 g/mol. The van der Waals surface area contributed by atoms with E-state index in [1.807, 2.05) is 0 Å². The van der Waals surface area contributed by atoms with E-state index in [0.717, 1.165) is 24.1 Å². The molecule has 2 nitrogen and oxygen atoms in total. The maximum atomic E-state index is 6.51. The molecule has 0 bridgehead atoms. The summed E-state index contributed by atoms with van der Waals surface area (Å²) in [5, 5.41) is 2.57. The maximum absolute atomic E-state index is 6.51. The molecule has 1 aliphatic carbocycles. The van der Waals surface area contributed by atoms with E-state index in [4.69, 9.17) is 4.74 Å². The zero-order valence-corrected chi connectivity index (χ0v) is 18.2. The van der Waals surface area contributed by atoms with Crippen molar-refractivity contribution in [3.05, 3.63) is 42.0 Å². The Morgan fingerprint density at radius 2 is 1.79 bits per heavy atom. The van der Waals surface area contributed by atoms with Crippen LogP contribution in [0.5, 0.6) is 5.75 Å². The van der Waals surface area contributed by atoms with Crippen LogP contribution in [0.2, 0.25) is 0 Å². The molecule has 0 spiro atoms. The summed E-state index contributed by atoms with van der Waals surface area (Å²) in [6, 6.07) is 13.5. The first-order valence-electron chi connectivity index (χ1n) is 11.3. The van der Waals surface area contributed by atoms with Crippen LogP contribution in [0.3, 0.4) is 0 Å². The number of ether oxygens (including phenoxy) is 1. The van der Waals surface area contributed by atoms with Gasteiger partial charge in [-0.2, -0.15) is 0 Å². The SMILES string of the molecule is CC1CCN(Cc2ccc3c(OC4CCC(C(C)(C)C)CC4)cccc3c2)C1. The smallest absolute Gasteiger partial charge is 0.127 e. The summed E-state index contributed by atoms with van der Waals surface area (Å²) in [6.45, 7) is 13.0. The molecule has 0 amide bonds. The zero-order chi connectivity index (χ0) is 19.7. The molecule has 0 N–H and O–H groups in total. The Morgan fingerprint density at radius 3 is 2.46 bits per heavy atom. The van der Waals surface area contributed by atoms with Crippen LogP contribution in [0.25, 0.3) is 10.8 Å². The predicted octanol–water partition coefficient (Wildman–Crippen LogP) is 6.67. The van der Waals surface area contributed by atoms with Gasteiger partial charge < -0.3 is 4.74 Å². The first-order valence-corrected chi connectivity index (χ1v) is 11.3. The van der Waals surface area contributed by atoms with Crippen LogP contribution >= 0.6 is 0 Å². The van der Waals surface area contributed by atoms with Gasteiger partial charge in [-0.3, -0.25) is 4.90 Å². The molecule has 1 unspecified atom stereocenters. The molecule has 2 aromatic rings. The normalized spacial score (nSPS) is 26.6. The highest BCUT2D eigenvalue weighted by Gasteiger charge is 2.30. The molecule has 2 heteroatoms. The molecule has 2 fully saturated rings. The molecular formula is C26H37NO. The molecule has 28 heavy (non-hydrogen) atoms. The summed E-state index contributed by atoms with van der Waals surface area (Å²) in [7, 11) is 0. The Labute approximate surface area is 171 Å². The number of fused-ring (bicyclic) bond motifs is 1. The van der Waals surface area contributed by atoms with Crippen LogP contribution in [0.4, 0.5) is 0 Å². The summed E-state index contributed by atoms with van der Waals surface area (Å²) in [5.74, 6) is 2.74. The van der Waals surface area contributed by atoms with Gasteiger partial charge in [-0.1, -0.05) is 52.0 Å². The summed E-state index contributed by atoms with van der Waals surface area (Å²) in [4.78, 5) is 2.58. The van der Waals surface area contributed by atoms with Gasteiger partial charge in [0.05, 0.1) is 6.10 Å². The van der Waals surface area contributed by atoms with Gasteiger partial charge in [0.15, 0.2) is 0 Å². The molecule has 4 rings (SSSR count). The second-order valence-corrected chi connectivity index (χ2v) is 10.4. The summed E-state index contributed by atoms with van der Waals surface area (Å²) >= 11 is 0. The van der Waals surface area contributed by atoms with Gasteiger partial charge in [0.1, 0.15) is 5.75 Å². The standard InChI is InChI=1S/C26H37NO/c1-19-14-15-27(17-19)18-20-8-13-24-21(16-20)6-5-7-25(24)28-23-11-9-22(10-12-23)26(2,3)4/h5-8,13,16,19,22-23H,9-12,14-15,17-18H2,1-4H3. The van der Waals surface area contributed by atoms with Crippen LogP contribution < -0.4 is 4.74 Å². The fourth-order valence-electron chi connectivity index (χ4n) is 5.16. The van der Waals surface area contributed by atoms with Crippen molar-refractivity contribution in [2.45, 2.75) is 72.4 Å². The Hall–Kier alpha value is -1.54. The number of likely N-dealkylation sites (tertiary alicyclic amines) is 1. The molecule has 152 valence electrons. The minimum Gasteiger partial charge on any atom is -0.490 e. The molecule has 1 saturated heterocycles. The zero-order valence-electron chi connectivity index (χ0n) is 18.2. The molecule has 0 radical (unpaired) electrons. The van der Waals surface area contributed by atoms with Crippen molar-refractivity contribution in [1.29, 1.82) is 0 Å². The minimum atomic E-state index is 0.370. The van der Waals surface area contributed by atoms with Gasteiger partial charge >= 0.3 is 0 Å². The second kappa shape index (κ2) is 8.06. The van der Waals surface area contributed by atoms with E-state index in [-0.39, 0.29) is 0 Å². The van der Waals surface area contributed by atoms with Crippen LogP contribution in [0, 0.1) is 17.3 Å². The van der Waals surface area contributed by atoms with Crippen molar-refractivity contribution in [2.24, 2.45) is 17.3 Å². The van der Waals surface area contributed by atoms with Crippen molar-refractivity contribution in [3.63, 3.8) is 0 Å². The number of rotatable bonds is 4. The first-order chi connectivity index (χ1) is 13.4. The lowest BCUT2D eigenvalue weighted by Crippen LogP contribution is -2.30. The molecule has 1 aliphatic heterocycles. The lowest BCUT2D eigenvalue weighted by molar-refractivity contribution is 0.0892. The quantitative estimate of drug-likeness (QED) is 0.588. The van der Waals surface area contributed by atoms with Crippen molar-refractivity contribution in [3.8, 4) is 5.75 Å². The van der Waals surface area contributed by atoms with E-state index >= 15 is 0 Å². The second-order valence-electron chi connectivity index (χ2n) is 10.4. The Kier molecular flexibility index (Phi) is 5.69. The molecule has 0 aromatic heterocycles. The lowest BCUT2D eigenvalue weighted by Gasteiger charge is -2.37. The fraction of sp³-hybridized carbons (Fsp3) is 0.615. The fourth-order valence-corrected chi connectivity index (χ4v) is 5.16. The monoisotopic (exact) mass is 379 g/mol. The van der Waals surface area contributed by atoms with E-state index in [0.29, 0.717) is 11.5 Å². The highest BCUT2D eigenvalue weighted by molar-refractivity contribution is 5.88. The highest BCUT2D eigenvalue weighted by Crippen LogP contribution is 2.39. The predicted molar refractivity (Wildman–Crippen MR) is 119 cm³/mol. The Bertz CT molecular complexity index is 798. The summed E-state index contributed by atoms with van der Waals surface area (Å²) in [6.07, 6.45) is 6.65. The number of hydrogen-bond donors (Lipinski definition) is 0. The number of benzene rings is 2. The molecule has 1 atom stereocenters. The minimum absolute atomic E-state index is 0.370. The van der Waals surface area contributed by atoms with Gasteiger partial charge in [-0.05, 0) is 79.0 Å². The topological polar surface area (TPSA) is 12.5 Å². The van der Waals surface area contributed by atoms with Crippen LogP contribution in [-0.4, -0.2) is 24.1 Å². The van der Waals surface area contributed by atoms with E-state index < -0.39 is 0 Å². The van der Waals surface area contributed by atoms with Gasteiger partial charge in [-0.15, -0.1) is 0 Å². The van der Waals surface area contributed by atoms with Gasteiger partial charge in [0.25, 0.3) is 0 Å². The Morgan fingerprint density at radius 1 is 1.00 bits per heavy atom.